The van der Waals surface area contributed by atoms with Gasteiger partial charge in [-0.25, -0.2) is 47.9 Å². The molecule has 0 bridgehead atoms. The van der Waals surface area contributed by atoms with Crippen molar-refractivity contribution in [2.45, 2.75) is 0 Å². The third-order valence-corrected chi connectivity index (χ3v) is 2.79. The summed E-state index contributed by atoms with van der Waals surface area (Å²) in [7, 11) is -2.97. The molecule has 0 aliphatic rings. The summed E-state index contributed by atoms with van der Waals surface area (Å²) in [6.45, 7) is 0. The molecule has 0 spiro atoms. The number of esters is 4. The molecular formula is C14H12B2O20. The van der Waals surface area contributed by atoms with Gasteiger partial charge in [-0.1, -0.05) is 0 Å². The summed E-state index contributed by atoms with van der Waals surface area (Å²) < 4.78 is 40.5. The fourth-order valence-electron chi connectivity index (χ4n) is 1.29. The molecule has 0 rings (SSSR count). The fraction of sp³-hybridized carbons (Fsp3) is 0.286. The molecule has 0 saturated carbocycles. The summed E-state index contributed by atoms with van der Waals surface area (Å²) in [6.07, 6.45) is 0. The van der Waals surface area contributed by atoms with Crippen LogP contribution in [-0.4, -0.2) is 103 Å². The molecule has 0 aliphatic carbocycles. The number of hydrogen-bond donors (Lipinski definition) is 0. The number of carbonyl (C=O) groups excluding carboxylic acids is 10. The topological polar surface area (TPSA) is 263 Å². The van der Waals surface area contributed by atoms with Crippen molar-refractivity contribution in [1.29, 1.82) is 0 Å². The summed E-state index contributed by atoms with van der Waals surface area (Å²) in [4.78, 5) is 114. The lowest BCUT2D eigenvalue weighted by Crippen LogP contribution is -2.43. The Kier molecular flexibility index (Phi) is 12.7. The Morgan fingerprint density at radius 3 is 0.583 bits per heavy atom. The van der Waals surface area contributed by atoms with Gasteiger partial charge in [0.25, 0.3) is 0 Å². The predicted molar refractivity (Wildman–Crippen MR) is 96.1 cm³/mol. The molecule has 194 valence electrons. The van der Waals surface area contributed by atoms with Gasteiger partial charge in [0.1, 0.15) is 0 Å². The lowest BCUT2D eigenvalue weighted by atomic mass is 10.2. The smallest absolute Gasteiger partial charge is 0.461 e. The molecule has 36 heavy (non-hydrogen) atoms. The summed E-state index contributed by atoms with van der Waals surface area (Å²) in [5, 5.41) is 0. The third kappa shape index (κ3) is 10.2. The van der Waals surface area contributed by atoms with Crippen LogP contribution in [0.15, 0.2) is 0 Å². The largest absolute Gasteiger partial charge is 0.871 e. The molecule has 0 aromatic heterocycles. The van der Waals surface area contributed by atoms with Gasteiger partial charge in [0.2, 0.25) is 0 Å². The average Bonchev–Trinajstić information content (AvgIpc) is 2.85. The minimum atomic E-state index is -2.92. The van der Waals surface area contributed by atoms with Crippen molar-refractivity contribution >= 4 is 74.3 Å². The van der Waals surface area contributed by atoms with Crippen LogP contribution in [0.4, 0.5) is 0 Å². The Hall–Kier alpha value is -5.17. The Balaban J connectivity index is 5.62. The van der Waals surface area contributed by atoms with E-state index in [2.05, 4.69) is 46.9 Å². The van der Waals surface area contributed by atoms with Gasteiger partial charge in [-0.2, -0.15) is 0 Å². The summed E-state index contributed by atoms with van der Waals surface area (Å²) in [5.41, 5.74) is 0. The van der Waals surface area contributed by atoms with Crippen molar-refractivity contribution in [3.8, 4) is 0 Å². The standard InChI is InChI=1S/C14H12B2O20/c1-27-5(17)9(21)31-15(32-10(22)6(18)28-2)35-13(25)14(26)36-16(33-11(23)7(19)29-3)34-12(24)8(20)30-4/h1-4H3. The van der Waals surface area contributed by atoms with Crippen molar-refractivity contribution in [1.82, 2.24) is 0 Å². The van der Waals surface area contributed by atoms with E-state index in [9.17, 15) is 47.9 Å². The second-order valence-electron chi connectivity index (χ2n) is 4.98. The van der Waals surface area contributed by atoms with Gasteiger partial charge in [-0.15, -0.1) is 0 Å². The first-order valence-electron chi connectivity index (χ1n) is 8.38. The van der Waals surface area contributed by atoms with Gasteiger partial charge in [0.05, 0.1) is 28.4 Å². The monoisotopic (exact) mass is 522 g/mol. The van der Waals surface area contributed by atoms with Crippen molar-refractivity contribution in [3.05, 3.63) is 0 Å². The van der Waals surface area contributed by atoms with Crippen LogP contribution in [0.1, 0.15) is 0 Å². The lowest BCUT2D eigenvalue weighted by Gasteiger charge is -2.13. The molecule has 0 amide bonds. The maximum Gasteiger partial charge on any atom is 0.871 e. The highest BCUT2D eigenvalue weighted by Gasteiger charge is 2.46. The minimum Gasteiger partial charge on any atom is -0.461 e. The normalized spacial score (nSPS) is 9.11. The number of methoxy groups -OCH3 is 4. The van der Waals surface area contributed by atoms with Gasteiger partial charge in [-0.3, -0.25) is 0 Å². The van der Waals surface area contributed by atoms with E-state index in [1.807, 2.05) is 0 Å². The molecule has 22 heteroatoms. The third-order valence-electron chi connectivity index (χ3n) is 2.79. The Bertz CT molecular complexity index is 818. The molecule has 0 aromatic rings. The van der Waals surface area contributed by atoms with E-state index in [-0.39, 0.29) is 0 Å². The molecule has 0 atom stereocenters. The van der Waals surface area contributed by atoms with E-state index < -0.39 is 74.3 Å². The lowest BCUT2D eigenvalue weighted by molar-refractivity contribution is -0.171. The quantitative estimate of drug-likeness (QED) is 0.137. The molecule has 20 nitrogen and oxygen atoms in total. The predicted octanol–water partition coefficient (Wildman–Crippen LogP) is -5.09. The zero-order valence-corrected chi connectivity index (χ0v) is 18.3. The van der Waals surface area contributed by atoms with Crippen LogP contribution in [0.5, 0.6) is 0 Å². The van der Waals surface area contributed by atoms with Crippen LogP contribution in [0, 0.1) is 0 Å². The fourth-order valence-corrected chi connectivity index (χ4v) is 1.29. The van der Waals surface area contributed by atoms with Gasteiger partial charge in [-0.05, 0) is 0 Å². The Labute approximate surface area is 198 Å². The maximum absolute atomic E-state index is 11.9. The molecule has 0 aliphatic heterocycles. The summed E-state index contributed by atoms with van der Waals surface area (Å²) in [5.74, 6) is -19.3. The van der Waals surface area contributed by atoms with Crippen LogP contribution in [0.2, 0.25) is 0 Å². The summed E-state index contributed by atoms with van der Waals surface area (Å²) in [6, 6.07) is 0. The molecule has 0 saturated heterocycles. The van der Waals surface area contributed by atoms with Gasteiger partial charge >= 0.3 is 74.3 Å². The SMILES string of the molecule is COC(=O)C(=O)OB(OC(=O)C(=O)OC)OC(=O)C(=O)OB(OC(=O)C(=O)OC)OC(=O)C(=O)OC. The maximum atomic E-state index is 11.9. The number of ether oxygens (including phenoxy) is 4. The van der Waals surface area contributed by atoms with Crippen LogP contribution in [-0.2, 0) is 94.8 Å². The summed E-state index contributed by atoms with van der Waals surface area (Å²) >= 11 is 0. The highest BCUT2D eigenvalue weighted by atomic mass is 16.8. The Morgan fingerprint density at radius 1 is 0.306 bits per heavy atom. The van der Waals surface area contributed by atoms with E-state index >= 15 is 0 Å². The highest BCUT2D eigenvalue weighted by molar-refractivity contribution is 6.57. The molecule has 0 aromatic carbocycles. The first-order valence-corrected chi connectivity index (χ1v) is 8.38. The van der Waals surface area contributed by atoms with E-state index in [0.29, 0.717) is 28.4 Å². The van der Waals surface area contributed by atoms with Crippen molar-refractivity contribution in [2.75, 3.05) is 28.4 Å². The zero-order valence-electron chi connectivity index (χ0n) is 18.3. The number of carbonyl (C=O) groups is 10. The average molecular weight is 522 g/mol. The van der Waals surface area contributed by atoms with Gasteiger partial charge < -0.3 is 46.9 Å². The van der Waals surface area contributed by atoms with Crippen molar-refractivity contribution < 1.29 is 94.8 Å². The van der Waals surface area contributed by atoms with Crippen LogP contribution >= 0.6 is 0 Å². The zero-order chi connectivity index (χ0) is 28.0. The van der Waals surface area contributed by atoms with Crippen LogP contribution in [0.25, 0.3) is 0 Å². The second-order valence-corrected chi connectivity index (χ2v) is 4.98. The van der Waals surface area contributed by atoms with Crippen LogP contribution in [0.3, 0.4) is 0 Å². The first kappa shape index (κ1) is 30.8. The van der Waals surface area contributed by atoms with Crippen molar-refractivity contribution in [2.24, 2.45) is 0 Å². The van der Waals surface area contributed by atoms with E-state index in [4.69, 9.17) is 0 Å². The van der Waals surface area contributed by atoms with Crippen LogP contribution < -0.4 is 0 Å². The van der Waals surface area contributed by atoms with Crippen molar-refractivity contribution in [3.63, 3.8) is 0 Å². The molecular weight excluding hydrogens is 510 g/mol. The first-order chi connectivity index (χ1) is 16.8. The molecule has 0 N–H and O–H groups in total. The molecule has 0 unspecified atom stereocenters. The van der Waals surface area contributed by atoms with E-state index in [0.717, 1.165) is 0 Å². The number of rotatable bonds is 6. The van der Waals surface area contributed by atoms with Gasteiger partial charge in [0, 0.05) is 0 Å². The highest BCUT2D eigenvalue weighted by Crippen LogP contribution is 2.03. The Morgan fingerprint density at radius 2 is 0.444 bits per heavy atom. The molecule has 0 radical (unpaired) electrons. The van der Waals surface area contributed by atoms with E-state index in [1.165, 1.54) is 0 Å². The van der Waals surface area contributed by atoms with Gasteiger partial charge in [0.15, 0.2) is 0 Å². The van der Waals surface area contributed by atoms with E-state index in [1.54, 1.807) is 0 Å². The minimum absolute atomic E-state index is 0.716. The number of hydrogen-bond acceptors (Lipinski definition) is 20. The second kappa shape index (κ2) is 14.9. The molecule has 0 fully saturated rings. The molecule has 0 heterocycles.